The molecule has 10 nitrogen and oxygen atoms in total. The zero-order chi connectivity index (χ0) is 28.9. The fraction of sp³-hybridized carbons (Fsp3) is 0.552. The lowest BCUT2D eigenvalue weighted by Gasteiger charge is -2.43. The molecule has 39 heavy (non-hydrogen) atoms. The lowest BCUT2D eigenvalue weighted by Crippen LogP contribution is -2.59. The molecule has 0 radical (unpaired) electrons. The fourth-order valence-corrected chi connectivity index (χ4v) is 4.55. The average Bonchev–Trinajstić information content (AvgIpc) is 2.89. The molecule has 2 aromatic rings. The number of carbonyl (C=O) groups is 3. The van der Waals surface area contributed by atoms with Gasteiger partial charge in [0.15, 0.2) is 11.4 Å². The van der Waals surface area contributed by atoms with Gasteiger partial charge in [-0.05, 0) is 49.8 Å². The molecule has 212 valence electrons. The van der Waals surface area contributed by atoms with Crippen LogP contribution >= 0.6 is 0 Å². The number of carbonyl (C=O) groups excluding carboxylic acids is 3. The smallest absolute Gasteiger partial charge is 0.410 e. The molecule has 0 saturated carbocycles. The number of hydrogen-bond acceptors (Lipinski definition) is 7. The van der Waals surface area contributed by atoms with Gasteiger partial charge in [0.2, 0.25) is 0 Å². The van der Waals surface area contributed by atoms with Crippen LogP contribution in [0.1, 0.15) is 92.5 Å². The number of nitrogens with one attached hydrogen (secondary N) is 1. The third-order valence-corrected chi connectivity index (χ3v) is 6.67. The Hall–Kier alpha value is -3.53. The van der Waals surface area contributed by atoms with Gasteiger partial charge in [-0.25, -0.2) is 4.79 Å². The fourth-order valence-electron chi connectivity index (χ4n) is 4.55. The highest BCUT2D eigenvalue weighted by Crippen LogP contribution is 2.24. The first-order chi connectivity index (χ1) is 18.3. The molecule has 1 aromatic carbocycles. The van der Waals surface area contributed by atoms with Crippen molar-refractivity contribution < 1.29 is 24.2 Å². The summed E-state index contributed by atoms with van der Waals surface area (Å²) in [7, 11) is 0. The predicted octanol–water partition coefficient (Wildman–Crippen LogP) is 3.78. The van der Waals surface area contributed by atoms with E-state index in [0.717, 1.165) is 5.56 Å². The van der Waals surface area contributed by atoms with Gasteiger partial charge >= 0.3 is 6.09 Å². The number of amides is 3. The quantitative estimate of drug-likeness (QED) is 0.549. The second kappa shape index (κ2) is 12.5. The van der Waals surface area contributed by atoms with E-state index in [4.69, 9.17) is 4.74 Å². The Morgan fingerprint density at radius 1 is 1.08 bits per heavy atom. The molecule has 0 aliphatic carbocycles. The van der Waals surface area contributed by atoms with E-state index in [1.807, 2.05) is 78.8 Å². The van der Waals surface area contributed by atoms with Gasteiger partial charge in [0.05, 0.1) is 18.7 Å². The van der Waals surface area contributed by atoms with Crippen molar-refractivity contribution in [3.63, 3.8) is 0 Å². The zero-order valence-electron chi connectivity index (χ0n) is 24.0. The third kappa shape index (κ3) is 7.53. The van der Waals surface area contributed by atoms with E-state index in [9.17, 15) is 19.5 Å². The molecule has 1 saturated heterocycles. The first-order valence-electron chi connectivity index (χ1n) is 13.5. The van der Waals surface area contributed by atoms with Gasteiger partial charge < -0.3 is 25.0 Å². The lowest BCUT2D eigenvalue weighted by molar-refractivity contribution is -0.00804. The maximum Gasteiger partial charge on any atom is 0.410 e. The van der Waals surface area contributed by atoms with Crippen molar-refractivity contribution >= 4 is 17.9 Å². The molecule has 0 unspecified atom stereocenters. The molecule has 1 fully saturated rings. The first-order valence-corrected chi connectivity index (χ1v) is 13.5. The summed E-state index contributed by atoms with van der Waals surface area (Å²) in [5.74, 6) is -0.785. The summed E-state index contributed by atoms with van der Waals surface area (Å²) >= 11 is 0. The van der Waals surface area contributed by atoms with E-state index in [0.29, 0.717) is 25.2 Å². The number of aliphatic hydroxyl groups excluding tert-OH is 1. The van der Waals surface area contributed by atoms with Crippen LogP contribution in [-0.2, 0) is 4.74 Å². The molecule has 1 aliphatic heterocycles. The van der Waals surface area contributed by atoms with Gasteiger partial charge in [0.25, 0.3) is 11.8 Å². The molecule has 1 aliphatic rings. The lowest BCUT2D eigenvalue weighted by atomic mass is 9.98. The number of rotatable bonds is 7. The largest absolute Gasteiger partial charge is 0.444 e. The van der Waals surface area contributed by atoms with Gasteiger partial charge in [0, 0.05) is 19.6 Å². The number of piperazine rings is 1. The summed E-state index contributed by atoms with van der Waals surface area (Å²) in [6.45, 7) is 14.1. The summed E-state index contributed by atoms with van der Waals surface area (Å²) < 4.78 is 5.59. The van der Waals surface area contributed by atoms with Crippen molar-refractivity contribution in [2.45, 2.75) is 72.1 Å². The van der Waals surface area contributed by atoms with Gasteiger partial charge in [-0.1, -0.05) is 58.0 Å². The highest BCUT2D eigenvalue weighted by Gasteiger charge is 2.37. The summed E-state index contributed by atoms with van der Waals surface area (Å²) in [6, 6.07) is 9.98. The molecule has 0 bridgehead atoms. The Morgan fingerprint density at radius 3 is 2.31 bits per heavy atom. The Morgan fingerprint density at radius 2 is 1.74 bits per heavy atom. The monoisotopic (exact) mass is 539 g/mol. The highest BCUT2D eigenvalue weighted by atomic mass is 16.6. The van der Waals surface area contributed by atoms with Crippen LogP contribution in [0.2, 0.25) is 0 Å². The van der Waals surface area contributed by atoms with Crippen molar-refractivity contribution in [3.05, 3.63) is 58.9 Å². The third-order valence-electron chi connectivity index (χ3n) is 6.67. The van der Waals surface area contributed by atoms with Crippen LogP contribution < -0.4 is 5.32 Å². The van der Waals surface area contributed by atoms with Gasteiger partial charge in [-0.3, -0.25) is 9.59 Å². The summed E-state index contributed by atoms with van der Waals surface area (Å²) in [5.41, 5.74) is 1.00. The molecule has 2 N–H and O–H groups in total. The molecular formula is C29H41N5O5. The Balaban J connectivity index is 1.79. The number of hydrogen-bond donors (Lipinski definition) is 2. The van der Waals surface area contributed by atoms with Crippen molar-refractivity contribution in [3.8, 4) is 0 Å². The number of aliphatic hydroxyl groups is 1. The molecule has 0 spiro atoms. The molecule has 3 amide bonds. The minimum atomic E-state index is -0.610. The van der Waals surface area contributed by atoms with Crippen LogP contribution in [0.3, 0.4) is 0 Å². The van der Waals surface area contributed by atoms with E-state index in [1.165, 1.54) is 0 Å². The van der Waals surface area contributed by atoms with Crippen LogP contribution in [-0.4, -0.2) is 80.9 Å². The SMILES string of the molecule is CC(C)c1cc(C(=O)N2CCN(C(=O)OC(C)(C)C)[C@@H](C(C)C)C2)nnc1C(=O)N[C@H](CO)c1ccccc1. The van der Waals surface area contributed by atoms with Crippen LogP contribution in [0.4, 0.5) is 4.79 Å². The van der Waals surface area contributed by atoms with Crippen LogP contribution in [0.5, 0.6) is 0 Å². The van der Waals surface area contributed by atoms with Gasteiger partial charge in [0.1, 0.15) is 5.60 Å². The Kier molecular flexibility index (Phi) is 9.66. The molecule has 10 heteroatoms. The van der Waals surface area contributed by atoms with E-state index in [-0.39, 0.29) is 47.9 Å². The summed E-state index contributed by atoms with van der Waals surface area (Å²) in [4.78, 5) is 42.8. The normalized spacial score (nSPS) is 16.8. The maximum atomic E-state index is 13.5. The molecular weight excluding hydrogens is 498 g/mol. The zero-order valence-corrected chi connectivity index (χ0v) is 24.0. The molecule has 2 heterocycles. The topological polar surface area (TPSA) is 125 Å². The highest BCUT2D eigenvalue weighted by molar-refractivity contribution is 5.96. The van der Waals surface area contributed by atoms with E-state index < -0.39 is 17.6 Å². The maximum absolute atomic E-state index is 13.5. The summed E-state index contributed by atoms with van der Waals surface area (Å²) in [6.07, 6.45) is -0.387. The second-order valence-electron chi connectivity index (χ2n) is 11.5. The van der Waals surface area contributed by atoms with Crippen molar-refractivity contribution in [2.24, 2.45) is 5.92 Å². The Bertz CT molecular complexity index is 1160. The van der Waals surface area contributed by atoms with E-state index in [1.54, 1.807) is 15.9 Å². The summed E-state index contributed by atoms with van der Waals surface area (Å²) in [5, 5.41) is 21.0. The van der Waals surface area contributed by atoms with Crippen molar-refractivity contribution in [1.29, 1.82) is 0 Å². The van der Waals surface area contributed by atoms with Crippen LogP contribution in [0.25, 0.3) is 0 Å². The molecule has 2 atom stereocenters. The van der Waals surface area contributed by atoms with Gasteiger partial charge in [-0.2, -0.15) is 0 Å². The minimum absolute atomic E-state index is 0.0978. The van der Waals surface area contributed by atoms with E-state index >= 15 is 0 Å². The number of aromatic nitrogens is 2. The number of ether oxygens (including phenoxy) is 1. The first kappa shape index (κ1) is 30.0. The standard InChI is InChI=1S/C29H41N5O5/c1-18(2)21-15-22(31-32-25(21)26(36)30-23(17-35)20-11-9-8-10-12-20)27(37)33-13-14-34(24(16-33)19(3)4)28(38)39-29(5,6)7/h8-12,15,18-19,23-24,35H,13-14,16-17H2,1-7H3,(H,30,36)/t23-,24-/m1/s1. The van der Waals surface area contributed by atoms with Crippen molar-refractivity contribution in [1.82, 2.24) is 25.3 Å². The number of nitrogens with zero attached hydrogens (tertiary/aromatic N) is 4. The van der Waals surface area contributed by atoms with Gasteiger partial charge in [-0.15, -0.1) is 10.2 Å². The van der Waals surface area contributed by atoms with Crippen molar-refractivity contribution in [2.75, 3.05) is 26.2 Å². The van der Waals surface area contributed by atoms with Crippen LogP contribution in [0, 0.1) is 5.92 Å². The second-order valence-corrected chi connectivity index (χ2v) is 11.5. The molecule has 3 rings (SSSR count). The number of benzene rings is 1. The Labute approximate surface area is 230 Å². The predicted molar refractivity (Wildman–Crippen MR) is 147 cm³/mol. The average molecular weight is 540 g/mol. The van der Waals surface area contributed by atoms with Crippen LogP contribution in [0.15, 0.2) is 36.4 Å². The molecule has 1 aromatic heterocycles. The minimum Gasteiger partial charge on any atom is -0.444 e. The van der Waals surface area contributed by atoms with E-state index in [2.05, 4.69) is 15.5 Å².